The molecule has 2 atom stereocenters. The van der Waals surface area contributed by atoms with Crippen LogP contribution in [-0.2, 0) is 23.1 Å². The van der Waals surface area contributed by atoms with Gasteiger partial charge in [0.2, 0.25) is 0 Å². The maximum atomic E-state index is 12.3. The Bertz CT molecular complexity index is 544. The van der Waals surface area contributed by atoms with Crippen LogP contribution >= 0.6 is 7.82 Å². The van der Waals surface area contributed by atoms with Crippen molar-refractivity contribution in [3.05, 3.63) is 0 Å². The summed E-state index contributed by atoms with van der Waals surface area (Å²) in [6.45, 7) is 6.21. The SMILES string of the molecule is CCCCCCCCCCCCCCCCOCC(COC)OP(=O)([O-])OCC[N+]1(C)CCCCC1. The molecule has 36 heavy (non-hydrogen) atoms. The molecule has 0 aromatic heterocycles. The highest BCUT2D eigenvalue weighted by atomic mass is 31.2. The van der Waals surface area contributed by atoms with Crippen molar-refractivity contribution in [1.82, 2.24) is 0 Å². The van der Waals surface area contributed by atoms with Gasteiger partial charge in [-0.25, -0.2) is 0 Å². The number of hydrogen-bond acceptors (Lipinski definition) is 6. The molecule has 1 fully saturated rings. The van der Waals surface area contributed by atoms with E-state index < -0.39 is 13.9 Å². The first-order chi connectivity index (χ1) is 17.4. The lowest BCUT2D eigenvalue weighted by Gasteiger charge is -2.38. The summed E-state index contributed by atoms with van der Waals surface area (Å²) in [5.74, 6) is 0. The minimum atomic E-state index is -4.39. The molecule has 216 valence electrons. The molecule has 0 N–H and O–H groups in total. The summed E-state index contributed by atoms with van der Waals surface area (Å²) in [6.07, 6.45) is 21.4. The van der Waals surface area contributed by atoms with Gasteiger partial charge in [-0.05, 0) is 25.7 Å². The Kier molecular flexibility index (Phi) is 20.7. The van der Waals surface area contributed by atoms with Crippen LogP contribution in [0.2, 0.25) is 0 Å². The van der Waals surface area contributed by atoms with Gasteiger partial charge in [0.15, 0.2) is 0 Å². The Morgan fingerprint density at radius 1 is 0.778 bits per heavy atom. The lowest BCUT2D eigenvalue weighted by molar-refractivity contribution is -0.914. The summed E-state index contributed by atoms with van der Waals surface area (Å²) in [5.41, 5.74) is 0. The van der Waals surface area contributed by atoms with Crippen molar-refractivity contribution in [3.8, 4) is 0 Å². The number of phosphoric ester groups is 1. The lowest BCUT2D eigenvalue weighted by Crippen LogP contribution is -2.49. The molecule has 0 aromatic rings. The van der Waals surface area contributed by atoms with Crippen molar-refractivity contribution in [2.24, 2.45) is 0 Å². The molecule has 1 heterocycles. The molecule has 2 unspecified atom stereocenters. The van der Waals surface area contributed by atoms with E-state index in [4.69, 9.17) is 18.5 Å². The van der Waals surface area contributed by atoms with Crippen molar-refractivity contribution < 1.29 is 32.5 Å². The minimum Gasteiger partial charge on any atom is -0.756 e. The van der Waals surface area contributed by atoms with E-state index >= 15 is 0 Å². The van der Waals surface area contributed by atoms with Gasteiger partial charge in [0, 0.05) is 13.7 Å². The van der Waals surface area contributed by atoms with Crippen molar-refractivity contribution in [3.63, 3.8) is 0 Å². The van der Waals surface area contributed by atoms with E-state index in [0.29, 0.717) is 13.2 Å². The summed E-state index contributed by atoms with van der Waals surface area (Å²) in [6, 6.07) is 0. The molecule has 1 saturated heterocycles. The van der Waals surface area contributed by atoms with E-state index in [1.54, 1.807) is 0 Å². The van der Waals surface area contributed by atoms with Gasteiger partial charge in [0.1, 0.15) is 19.3 Å². The minimum absolute atomic E-state index is 0.150. The first-order valence-electron chi connectivity index (χ1n) is 14.9. The normalized spacial score (nSPS) is 18.2. The van der Waals surface area contributed by atoms with Gasteiger partial charge in [-0.1, -0.05) is 90.4 Å². The van der Waals surface area contributed by atoms with E-state index in [-0.39, 0.29) is 19.8 Å². The van der Waals surface area contributed by atoms with E-state index in [1.165, 1.54) is 103 Å². The van der Waals surface area contributed by atoms with Crippen molar-refractivity contribution >= 4 is 7.82 Å². The first kappa shape index (κ1) is 34.0. The van der Waals surface area contributed by atoms with Crippen LogP contribution in [0, 0.1) is 0 Å². The third-order valence-corrected chi connectivity index (χ3v) is 8.41. The first-order valence-corrected chi connectivity index (χ1v) is 16.4. The van der Waals surface area contributed by atoms with Gasteiger partial charge >= 0.3 is 0 Å². The smallest absolute Gasteiger partial charge is 0.268 e. The van der Waals surface area contributed by atoms with Crippen molar-refractivity contribution in [2.45, 2.75) is 122 Å². The zero-order valence-electron chi connectivity index (χ0n) is 23.9. The zero-order valence-corrected chi connectivity index (χ0v) is 24.8. The summed E-state index contributed by atoms with van der Waals surface area (Å²) < 4.78 is 34.4. The molecule has 7 nitrogen and oxygen atoms in total. The third kappa shape index (κ3) is 19.1. The Morgan fingerprint density at radius 2 is 1.31 bits per heavy atom. The van der Waals surface area contributed by atoms with Crippen LogP contribution in [0.3, 0.4) is 0 Å². The molecule has 0 amide bonds. The Hall–Kier alpha value is -0.0100. The Morgan fingerprint density at radius 3 is 1.83 bits per heavy atom. The lowest BCUT2D eigenvalue weighted by atomic mass is 10.0. The Balaban J connectivity index is 2.01. The summed E-state index contributed by atoms with van der Waals surface area (Å²) in [4.78, 5) is 12.3. The quantitative estimate of drug-likeness (QED) is 0.0742. The highest BCUT2D eigenvalue weighted by Gasteiger charge is 2.26. The van der Waals surface area contributed by atoms with Crippen LogP contribution in [0.15, 0.2) is 0 Å². The topological polar surface area (TPSA) is 77.1 Å². The number of methoxy groups -OCH3 is 1. The average Bonchev–Trinajstić information content (AvgIpc) is 2.84. The van der Waals surface area contributed by atoms with Crippen LogP contribution in [0.5, 0.6) is 0 Å². The molecule has 0 spiro atoms. The maximum absolute atomic E-state index is 12.3. The van der Waals surface area contributed by atoms with Gasteiger partial charge < -0.3 is 27.9 Å². The Labute approximate surface area is 222 Å². The average molecular weight is 536 g/mol. The maximum Gasteiger partial charge on any atom is 0.268 e. The number of likely N-dealkylation sites (N-methyl/N-ethyl adjacent to an activating group) is 1. The van der Waals surface area contributed by atoms with Crippen molar-refractivity contribution in [2.75, 3.05) is 60.2 Å². The predicted molar refractivity (Wildman–Crippen MR) is 146 cm³/mol. The number of ether oxygens (including phenoxy) is 2. The fourth-order valence-electron chi connectivity index (χ4n) is 4.99. The molecule has 0 aromatic carbocycles. The van der Waals surface area contributed by atoms with Crippen LogP contribution < -0.4 is 4.89 Å². The molecule has 0 radical (unpaired) electrons. The molecule has 1 rings (SSSR count). The van der Waals surface area contributed by atoms with Crippen molar-refractivity contribution in [1.29, 1.82) is 0 Å². The molecule has 0 aliphatic carbocycles. The van der Waals surface area contributed by atoms with E-state index in [9.17, 15) is 9.46 Å². The number of unbranched alkanes of at least 4 members (excludes halogenated alkanes) is 13. The van der Waals surface area contributed by atoms with E-state index in [1.807, 2.05) is 0 Å². The summed E-state index contributed by atoms with van der Waals surface area (Å²) >= 11 is 0. The fraction of sp³-hybridized carbons (Fsp3) is 1.00. The highest BCUT2D eigenvalue weighted by Crippen LogP contribution is 2.40. The second kappa shape index (κ2) is 21.9. The van der Waals surface area contributed by atoms with Gasteiger partial charge in [-0.2, -0.15) is 0 Å². The number of hydrogen-bond donors (Lipinski definition) is 0. The molecule has 1 aliphatic rings. The molecule has 0 saturated carbocycles. The monoisotopic (exact) mass is 535 g/mol. The summed E-state index contributed by atoms with van der Waals surface area (Å²) in [7, 11) is -0.693. The van der Waals surface area contributed by atoms with Crippen LogP contribution in [0.1, 0.15) is 116 Å². The zero-order chi connectivity index (χ0) is 26.4. The fourth-order valence-corrected chi connectivity index (χ4v) is 5.85. The molecule has 8 heteroatoms. The predicted octanol–water partition coefficient (Wildman–Crippen LogP) is 6.63. The summed E-state index contributed by atoms with van der Waals surface area (Å²) in [5, 5.41) is 0. The largest absolute Gasteiger partial charge is 0.756 e. The third-order valence-electron chi connectivity index (χ3n) is 7.35. The van der Waals surface area contributed by atoms with E-state index in [0.717, 1.165) is 30.4 Å². The van der Waals surface area contributed by atoms with Gasteiger partial charge in [-0.15, -0.1) is 0 Å². The number of nitrogens with zero attached hydrogens (tertiary/aromatic N) is 1. The van der Waals surface area contributed by atoms with Crippen LogP contribution in [0.25, 0.3) is 0 Å². The standard InChI is InChI=1S/C28H58NO6P/c1-4-5-6-7-8-9-10-11-12-13-14-15-16-20-24-33-27-28(26-32-3)35-36(30,31)34-25-23-29(2)21-18-17-19-22-29/h28H,4-27H2,1-3H3. The number of likely N-dealkylation sites (tertiary alicyclic amines) is 1. The van der Waals surface area contributed by atoms with Crippen LogP contribution in [0.4, 0.5) is 0 Å². The van der Waals surface area contributed by atoms with Gasteiger partial charge in [0.05, 0.1) is 33.4 Å². The second-order valence-electron chi connectivity index (χ2n) is 11.0. The number of phosphoric acid groups is 1. The van der Waals surface area contributed by atoms with Crippen LogP contribution in [-0.4, -0.2) is 70.8 Å². The number of piperidine rings is 1. The number of rotatable bonds is 25. The molecular formula is C28H58NO6P. The second-order valence-corrected chi connectivity index (χ2v) is 12.3. The number of quaternary nitrogens is 1. The molecule has 1 aliphatic heterocycles. The molecule has 0 bridgehead atoms. The van der Waals surface area contributed by atoms with E-state index in [2.05, 4.69) is 14.0 Å². The highest BCUT2D eigenvalue weighted by molar-refractivity contribution is 7.45. The van der Waals surface area contributed by atoms with Gasteiger partial charge in [0.25, 0.3) is 7.82 Å². The van der Waals surface area contributed by atoms with Gasteiger partial charge in [-0.3, -0.25) is 4.57 Å². The molecular weight excluding hydrogens is 477 g/mol.